The molecule has 0 aromatic heterocycles. The van der Waals surface area contributed by atoms with Gasteiger partial charge in [-0.2, -0.15) is 13.2 Å². The molecule has 2 atom stereocenters. The van der Waals surface area contributed by atoms with Gasteiger partial charge in [0.15, 0.2) is 0 Å². The number of urea groups is 1. The third-order valence-electron chi connectivity index (χ3n) is 4.65. The standard InChI is InChI=1S/C19H26F3N3O3/c1-12-5-3-4-6-17(12)28-10-9-23-18(27)25-16-8-7-14(24-13(2)26)11-15(16)19(20,21)22/h7-8,11-12,17H,3-6,9-10H2,1-2H3,(H,24,26)(H2,23,25,27). The number of alkyl halides is 3. The van der Waals surface area contributed by atoms with Gasteiger partial charge in [0.25, 0.3) is 0 Å². The summed E-state index contributed by atoms with van der Waals surface area (Å²) in [6.07, 6.45) is -0.0912. The summed E-state index contributed by atoms with van der Waals surface area (Å²) >= 11 is 0. The van der Waals surface area contributed by atoms with Crippen molar-refractivity contribution in [1.82, 2.24) is 5.32 Å². The molecule has 2 rings (SSSR count). The zero-order chi connectivity index (χ0) is 20.7. The van der Waals surface area contributed by atoms with E-state index in [0.717, 1.165) is 31.4 Å². The normalized spacial score (nSPS) is 19.8. The summed E-state index contributed by atoms with van der Waals surface area (Å²) in [5.74, 6) is -0.0158. The van der Waals surface area contributed by atoms with E-state index in [4.69, 9.17) is 4.74 Å². The second kappa shape index (κ2) is 9.77. The maximum Gasteiger partial charge on any atom is 0.418 e. The molecule has 9 heteroatoms. The number of amides is 3. The molecule has 0 heterocycles. The van der Waals surface area contributed by atoms with E-state index in [9.17, 15) is 22.8 Å². The Hall–Kier alpha value is -2.29. The Kier molecular flexibility index (Phi) is 7.68. The first-order valence-electron chi connectivity index (χ1n) is 9.32. The first kappa shape index (κ1) is 22.0. The van der Waals surface area contributed by atoms with Gasteiger partial charge in [-0.1, -0.05) is 19.8 Å². The van der Waals surface area contributed by atoms with Gasteiger partial charge in [-0.15, -0.1) is 0 Å². The van der Waals surface area contributed by atoms with Gasteiger partial charge >= 0.3 is 12.2 Å². The van der Waals surface area contributed by atoms with Crippen LogP contribution >= 0.6 is 0 Å². The summed E-state index contributed by atoms with van der Waals surface area (Å²) in [7, 11) is 0. The van der Waals surface area contributed by atoms with Crippen molar-refractivity contribution < 1.29 is 27.5 Å². The summed E-state index contributed by atoms with van der Waals surface area (Å²) < 4.78 is 45.5. The van der Waals surface area contributed by atoms with Crippen molar-refractivity contribution >= 4 is 23.3 Å². The molecule has 1 aromatic rings. The molecule has 0 radical (unpaired) electrons. The number of hydrogen-bond acceptors (Lipinski definition) is 3. The van der Waals surface area contributed by atoms with E-state index in [-0.39, 0.29) is 24.0 Å². The van der Waals surface area contributed by atoms with Crippen LogP contribution in [0.5, 0.6) is 0 Å². The molecular formula is C19H26F3N3O3. The quantitative estimate of drug-likeness (QED) is 0.619. The Balaban J connectivity index is 1.89. The lowest BCUT2D eigenvalue weighted by Gasteiger charge is -2.28. The van der Waals surface area contributed by atoms with Gasteiger partial charge in [0.1, 0.15) is 0 Å². The van der Waals surface area contributed by atoms with Crippen LogP contribution in [-0.4, -0.2) is 31.2 Å². The van der Waals surface area contributed by atoms with Crippen LogP contribution < -0.4 is 16.0 Å². The Labute approximate surface area is 162 Å². The third kappa shape index (κ3) is 6.70. The molecule has 1 aromatic carbocycles. The molecule has 1 fully saturated rings. The van der Waals surface area contributed by atoms with E-state index in [0.29, 0.717) is 12.5 Å². The Morgan fingerprint density at radius 3 is 2.54 bits per heavy atom. The topological polar surface area (TPSA) is 79.5 Å². The number of hydrogen-bond donors (Lipinski definition) is 3. The van der Waals surface area contributed by atoms with Crippen LogP contribution in [0.15, 0.2) is 18.2 Å². The van der Waals surface area contributed by atoms with E-state index in [2.05, 4.69) is 22.9 Å². The third-order valence-corrected chi connectivity index (χ3v) is 4.65. The number of nitrogens with one attached hydrogen (secondary N) is 3. The second-order valence-corrected chi connectivity index (χ2v) is 6.99. The van der Waals surface area contributed by atoms with Crippen molar-refractivity contribution in [2.75, 3.05) is 23.8 Å². The van der Waals surface area contributed by atoms with Gasteiger partial charge in [-0.05, 0) is 37.0 Å². The zero-order valence-corrected chi connectivity index (χ0v) is 16.0. The van der Waals surface area contributed by atoms with E-state index in [1.165, 1.54) is 19.4 Å². The van der Waals surface area contributed by atoms with Crippen molar-refractivity contribution in [2.45, 2.75) is 51.8 Å². The summed E-state index contributed by atoms with van der Waals surface area (Å²) in [5, 5.41) is 7.00. The van der Waals surface area contributed by atoms with Gasteiger partial charge in [-0.25, -0.2) is 4.79 Å². The Morgan fingerprint density at radius 1 is 1.18 bits per heavy atom. The van der Waals surface area contributed by atoms with E-state index in [1.54, 1.807) is 0 Å². The zero-order valence-electron chi connectivity index (χ0n) is 16.0. The highest BCUT2D eigenvalue weighted by Gasteiger charge is 2.34. The maximum atomic E-state index is 13.3. The number of carbonyl (C=O) groups is 2. The van der Waals surface area contributed by atoms with E-state index in [1.807, 2.05) is 0 Å². The van der Waals surface area contributed by atoms with Crippen molar-refractivity contribution in [1.29, 1.82) is 0 Å². The van der Waals surface area contributed by atoms with Gasteiger partial charge in [0, 0.05) is 19.2 Å². The minimum atomic E-state index is -4.68. The van der Waals surface area contributed by atoms with Gasteiger partial charge < -0.3 is 20.7 Å². The molecule has 0 saturated heterocycles. The predicted molar refractivity (Wildman–Crippen MR) is 100 cm³/mol. The van der Waals surface area contributed by atoms with Crippen molar-refractivity contribution in [3.05, 3.63) is 23.8 Å². The molecule has 1 saturated carbocycles. The number of halogens is 3. The number of carbonyl (C=O) groups excluding carboxylic acids is 2. The van der Waals surface area contributed by atoms with Crippen LogP contribution in [0.2, 0.25) is 0 Å². The fourth-order valence-corrected chi connectivity index (χ4v) is 3.24. The van der Waals surface area contributed by atoms with Crippen molar-refractivity contribution in [3.8, 4) is 0 Å². The molecule has 0 aliphatic heterocycles. The summed E-state index contributed by atoms with van der Waals surface area (Å²) in [6.45, 7) is 3.83. The van der Waals surface area contributed by atoms with Crippen LogP contribution in [0.1, 0.15) is 45.1 Å². The largest absolute Gasteiger partial charge is 0.418 e. The highest BCUT2D eigenvalue weighted by atomic mass is 19.4. The number of rotatable bonds is 6. The molecule has 3 N–H and O–H groups in total. The van der Waals surface area contributed by atoms with Gasteiger partial charge in [0.05, 0.1) is 24.0 Å². The fraction of sp³-hybridized carbons (Fsp3) is 0.579. The van der Waals surface area contributed by atoms with Crippen LogP contribution in [0.3, 0.4) is 0 Å². The van der Waals surface area contributed by atoms with Crippen LogP contribution in [-0.2, 0) is 15.7 Å². The van der Waals surface area contributed by atoms with Crippen LogP contribution in [0, 0.1) is 5.92 Å². The second-order valence-electron chi connectivity index (χ2n) is 6.99. The molecule has 28 heavy (non-hydrogen) atoms. The van der Waals surface area contributed by atoms with Crippen molar-refractivity contribution in [3.63, 3.8) is 0 Å². The smallest absolute Gasteiger partial charge is 0.376 e. The summed E-state index contributed by atoms with van der Waals surface area (Å²) in [6, 6.07) is 2.43. The Morgan fingerprint density at radius 2 is 1.89 bits per heavy atom. The summed E-state index contributed by atoms with van der Waals surface area (Å²) in [4.78, 5) is 23.0. The molecule has 6 nitrogen and oxygen atoms in total. The Bertz CT molecular complexity index is 695. The number of benzene rings is 1. The minimum absolute atomic E-state index is 0.000727. The fourth-order valence-electron chi connectivity index (χ4n) is 3.24. The molecule has 156 valence electrons. The van der Waals surface area contributed by atoms with Crippen molar-refractivity contribution in [2.24, 2.45) is 5.92 Å². The molecule has 3 amide bonds. The molecule has 1 aliphatic rings. The molecule has 1 aliphatic carbocycles. The van der Waals surface area contributed by atoms with E-state index >= 15 is 0 Å². The monoisotopic (exact) mass is 401 g/mol. The van der Waals surface area contributed by atoms with Gasteiger partial charge in [-0.3, -0.25) is 4.79 Å². The molecule has 2 unspecified atom stereocenters. The van der Waals surface area contributed by atoms with Crippen LogP contribution in [0.4, 0.5) is 29.3 Å². The first-order valence-corrected chi connectivity index (χ1v) is 9.32. The average Bonchev–Trinajstić information content (AvgIpc) is 2.60. The lowest BCUT2D eigenvalue weighted by molar-refractivity contribution is -0.137. The minimum Gasteiger partial charge on any atom is -0.376 e. The maximum absolute atomic E-state index is 13.3. The highest BCUT2D eigenvalue weighted by Crippen LogP contribution is 2.36. The molecule has 0 bridgehead atoms. The molecule has 0 spiro atoms. The van der Waals surface area contributed by atoms with Crippen LogP contribution in [0.25, 0.3) is 0 Å². The summed E-state index contributed by atoms with van der Waals surface area (Å²) in [5.41, 5.74) is -1.43. The molecular weight excluding hydrogens is 375 g/mol. The number of anilines is 2. The number of ether oxygens (including phenoxy) is 1. The van der Waals surface area contributed by atoms with Gasteiger partial charge in [0.2, 0.25) is 5.91 Å². The first-order chi connectivity index (χ1) is 13.2. The predicted octanol–water partition coefficient (Wildman–Crippen LogP) is 4.38. The average molecular weight is 401 g/mol. The lowest BCUT2D eigenvalue weighted by Crippen LogP contribution is -2.34. The SMILES string of the molecule is CC(=O)Nc1ccc(NC(=O)NCCOC2CCCCC2C)c(C(F)(F)F)c1. The lowest BCUT2D eigenvalue weighted by atomic mass is 9.88. The highest BCUT2D eigenvalue weighted by molar-refractivity contribution is 5.92. The van der Waals surface area contributed by atoms with E-state index < -0.39 is 23.7 Å².